The third-order valence-corrected chi connectivity index (χ3v) is 1.47. The van der Waals surface area contributed by atoms with E-state index in [-0.39, 0.29) is 5.75 Å². The van der Waals surface area contributed by atoms with Gasteiger partial charge in [0.05, 0.1) is 0 Å². The average Bonchev–Trinajstić information content (AvgIpc) is 2.70. The second-order valence-corrected chi connectivity index (χ2v) is 12.3. The number of aromatic nitrogens is 4. The van der Waals surface area contributed by atoms with E-state index < -0.39 is 19.8 Å². The van der Waals surface area contributed by atoms with Gasteiger partial charge in [-0.2, -0.15) is 5.21 Å². The van der Waals surface area contributed by atoms with Gasteiger partial charge < -0.3 is 5.11 Å². The fourth-order valence-corrected chi connectivity index (χ4v) is 0.927. The van der Waals surface area contributed by atoms with Gasteiger partial charge in [0.15, 0.2) is 0 Å². The SMILES string of the molecule is [CH3][Sn+]([CH3])[CH3].[O-]c1ccccc1-c1nn[nH]n1. The Hall–Kier alpha value is -1.11. The molecular formula is C10H14N4OSn. The molecule has 1 aromatic carbocycles. The van der Waals surface area contributed by atoms with Gasteiger partial charge in [-0.1, -0.05) is 30.0 Å². The number of hydrogen-bond acceptors (Lipinski definition) is 4. The van der Waals surface area contributed by atoms with E-state index in [1.165, 1.54) is 6.07 Å². The number of tetrazole rings is 1. The summed E-state index contributed by atoms with van der Waals surface area (Å²) >= 11 is -0.543. The molecule has 6 heteroatoms. The van der Waals surface area contributed by atoms with Gasteiger partial charge in [-0.25, -0.2) is 0 Å². The molecule has 0 saturated carbocycles. The Balaban J connectivity index is 0.000000280. The first-order valence-electron chi connectivity index (χ1n) is 4.88. The molecule has 16 heavy (non-hydrogen) atoms. The molecule has 0 aliphatic carbocycles. The summed E-state index contributed by atoms with van der Waals surface area (Å²) in [6.07, 6.45) is 0. The molecule has 0 saturated heterocycles. The van der Waals surface area contributed by atoms with E-state index in [0.29, 0.717) is 11.4 Å². The van der Waals surface area contributed by atoms with Gasteiger partial charge in [-0.05, 0) is 5.21 Å². The molecule has 84 valence electrons. The third kappa shape index (κ3) is 4.17. The van der Waals surface area contributed by atoms with Crippen molar-refractivity contribution in [2.24, 2.45) is 0 Å². The number of H-pyrrole nitrogens is 1. The monoisotopic (exact) mass is 326 g/mol. The number of nitrogens with one attached hydrogen (secondary N) is 1. The Morgan fingerprint density at radius 3 is 2.31 bits per heavy atom. The molecule has 0 unspecified atom stereocenters. The minimum atomic E-state index is -0.543. The van der Waals surface area contributed by atoms with Crippen LogP contribution < -0.4 is 5.11 Å². The summed E-state index contributed by atoms with van der Waals surface area (Å²) in [6, 6.07) is 6.55. The van der Waals surface area contributed by atoms with Crippen molar-refractivity contribution in [3.05, 3.63) is 24.3 Å². The van der Waals surface area contributed by atoms with Crippen molar-refractivity contribution < 1.29 is 5.11 Å². The van der Waals surface area contributed by atoms with Crippen LogP contribution in [0.1, 0.15) is 0 Å². The summed E-state index contributed by atoms with van der Waals surface area (Å²) in [5.74, 6) is 0.236. The Morgan fingerprint density at radius 1 is 1.19 bits per heavy atom. The molecule has 0 atom stereocenters. The van der Waals surface area contributed by atoms with E-state index in [2.05, 4.69) is 35.4 Å². The maximum atomic E-state index is 11.2. The quantitative estimate of drug-likeness (QED) is 0.802. The molecular weight excluding hydrogens is 311 g/mol. The van der Waals surface area contributed by atoms with E-state index in [0.717, 1.165) is 0 Å². The molecule has 2 rings (SSSR count). The molecule has 1 N–H and O–H groups in total. The van der Waals surface area contributed by atoms with Crippen LogP contribution >= 0.6 is 0 Å². The molecule has 0 spiro atoms. The summed E-state index contributed by atoms with van der Waals surface area (Å²) in [5, 5.41) is 24.2. The van der Waals surface area contributed by atoms with Crippen molar-refractivity contribution in [3.63, 3.8) is 0 Å². The van der Waals surface area contributed by atoms with Crippen molar-refractivity contribution in [2.75, 3.05) is 0 Å². The van der Waals surface area contributed by atoms with Crippen molar-refractivity contribution in [1.82, 2.24) is 20.6 Å². The van der Waals surface area contributed by atoms with Crippen LogP contribution in [0, 0.1) is 0 Å². The maximum absolute atomic E-state index is 11.2. The Bertz CT molecular complexity index is 414. The normalized spacial score (nSPS) is 9.19. The van der Waals surface area contributed by atoms with Crippen LogP contribution in [0.4, 0.5) is 0 Å². The number of nitrogens with zero attached hydrogens (tertiary/aromatic N) is 3. The fraction of sp³-hybridized carbons (Fsp3) is 0.300. The first kappa shape index (κ1) is 13.0. The first-order chi connectivity index (χ1) is 7.61. The summed E-state index contributed by atoms with van der Waals surface area (Å²) in [4.78, 5) is 7.09. The van der Waals surface area contributed by atoms with Gasteiger partial charge in [0.2, 0.25) is 5.82 Å². The second kappa shape index (κ2) is 6.47. The molecule has 2 aromatic rings. The molecule has 0 fully saturated rings. The standard InChI is InChI=1S/C7H6N4O.3CH3.Sn/c12-6-4-2-1-3-5(6)7-8-10-11-9-7;;;;/h1-4,12H,(H,8,9,10,11);3*1H3;/q;;;;+1/p-1. The van der Waals surface area contributed by atoms with Crippen molar-refractivity contribution in [3.8, 4) is 17.1 Å². The number of hydrogen-bond donors (Lipinski definition) is 1. The van der Waals surface area contributed by atoms with Crippen LogP contribution in [-0.2, 0) is 0 Å². The van der Waals surface area contributed by atoms with Crippen LogP contribution in [0.3, 0.4) is 0 Å². The third-order valence-electron chi connectivity index (χ3n) is 1.47. The molecule has 0 amide bonds. The van der Waals surface area contributed by atoms with Crippen molar-refractivity contribution >= 4 is 19.8 Å². The van der Waals surface area contributed by atoms with E-state index in [4.69, 9.17) is 0 Å². The van der Waals surface area contributed by atoms with Crippen LogP contribution in [0.2, 0.25) is 14.8 Å². The molecule has 0 aliphatic rings. The van der Waals surface area contributed by atoms with E-state index in [9.17, 15) is 5.11 Å². The number of para-hydroxylation sites is 1. The summed E-state index contributed by atoms with van der Waals surface area (Å²) in [7, 11) is 0. The Labute approximate surface area is 102 Å². The van der Waals surface area contributed by atoms with Crippen LogP contribution in [0.15, 0.2) is 24.3 Å². The van der Waals surface area contributed by atoms with E-state index in [1.807, 2.05) is 0 Å². The van der Waals surface area contributed by atoms with Gasteiger partial charge in [0, 0.05) is 5.56 Å². The van der Waals surface area contributed by atoms with E-state index in [1.54, 1.807) is 18.2 Å². The maximum Gasteiger partial charge on any atom is 0.204 e. The number of aromatic amines is 1. The van der Waals surface area contributed by atoms with Crippen LogP contribution in [0.25, 0.3) is 11.4 Å². The molecule has 1 heterocycles. The van der Waals surface area contributed by atoms with Crippen molar-refractivity contribution in [2.45, 2.75) is 14.8 Å². The molecule has 0 aliphatic heterocycles. The second-order valence-electron chi connectivity index (χ2n) is 3.73. The molecule has 1 aromatic heterocycles. The van der Waals surface area contributed by atoms with Gasteiger partial charge in [0.1, 0.15) is 0 Å². The zero-order valence-electron chi connectivity index (χ0n) is 9.56. The van der Waals surface area contributed by atoms with Gasteiger partial charge in [0.25, 0.3) is 0 Å². The molecule has 0 radical (unpaired) electrons. The van der Waals surface area contributed by atoms with E-state index >= 15 is 0 Å². The fourth-order valence-electron chi connectivity index (χ4n) is 0.927. The minimum Gasteiger partial charge on any atom is -0.872 e. The summed E-state index contributed by atoms with van der Waals surface area (Å²) in [5.41, 5.74) is 0.464. The largest absolute Gasteiger partial charge is 0.872 e. The van der Waals surface area contributed by atoms with Gasteiger partial charge >= 0.3 is 34.6 Å². The number of rotatable bonds is 1. The summed E-state index contributed by atoms with van der Waals surface area (Å²) < 4.78 is 0. The Kier molecular flexibility index (Phi) is 5.24. The number of benzene rings is 1. The van der Waals surface area contributed by atoms with Gasteiger partial charge in [-0.15, -0.1) is 10.2 Å². The predicted octanol–water partition coefficient (Wildman–Crippen LogP) is 1.31. The smallest absolute Gasteiger partial charge is 0.204 e. The molecule has 5 nitrogen and oxygen atoms in total. The molecule has 0 bridgehead atoms. The predicted molar refractivity (Wildman–Crippen MR) is 62.4 cm³/mol. The summed E-state index contributed by atoms with van der Waals surface area (Å²) in [6.45, 7) is 0. The van der Waals surface area contributed by atoms with Crippen LogP contribution in [0.5, 0.6) is 5.75 Å². The zero-order valence-corrected chi connectivity index (χ0v) is 12.4. The topological polar surface area (TPSA) is 77.5 Å². The first-order valence-corrected chi connectivity index (χ1v) is 13.4. The van der Waals surface area contributed by atoms with Crippen molar-refractivity contribution in [1.29, 1.82) is 0 Å². The average molecular weight is 325 g/mol. The van der Waals surface area contributed by atoms with Gasteiger partial charge in [-0.3, -0.25) is 0 Å². The minimum absolute atomic E-state index is 0.0982. The Morgan fingerprint density at radius 2 is 1.81 bits per heavy atom. The van der Waals surface area contributed by atoms with Crippen LogP contribution in [-0.4, -0.2) is 40.4 Å². The zero-order chi connectivity index (χ0) is 12.0.